The van der Waals surface area contributed by atoms with Gasteiger partial charge in [-0.15, -0.1) is 10.2 Å². The molecule has 2 aliphatic carbocycles. The second-order valence-electron chi connectivity index (χ2n) is 9.34. The molecule has 2 saturated carbocycles. The van der Waals surface area contributed by atoms with Crippen LogP contribution in [0.1, 0.15) is 79.3 Å². The predicted octanol–water partition coefficient (Wildman–Crippen LogP) is 5.82. The van der Waals surface area contributed by atoms with Crippen LogP contribution in [-0.2, 0) is 0 Å². The Hall–Kier alpha value is -2.41. The first-order valence-electron chi connectivity index (χ1n) is 11.7. The fourth-order valence-electron chi connectivity index (χ4n) is 5.21. The molecule has 3 aromatic heterocycles. The number of carbonyl (C=O) groups excluding carboxylic acids is 1. The highest BCUT2D eigenvalue weighted by atomic mass is 32.2. The molecule has 0 N–H and O–H groups in total. The van der Waals surface area contributed by atoms with Crippen LogP contribution < -0.4 is 0 Å². The van der Waals surface area contributed by atoms with Gasteiger partial charge >= 0.3 is 0 Å². The van der Waals surface area contributed by atoms with Gasteiger partial charge in [0.2, 0.25) is 0 Å². The fraction of sp³-hybridized carbons (Fsp3) is 0.520. The molecule has 3 aromatic rings. The number of aryl methyl sites for hydroxylation is 1. The van der Waals surface area contributed by atoms with Gasteiger partial charge in [0.15, 0.2) is 16.8 Å². The normalized spacial score (nSPS) is 21.1. The molecule has 0 aromatic carbocycles. The lowest BCUT2D eigenvalue weighted by Crippen LogP contribution is -2.22. The van der Waals surface area contributed by atoms with Crippen LogP contribution in [0.2, 0.25) is 0 Å². The van der Waals surface area contributed by atoms with Crippen molar-refractivity contribution in [1.29, 1.82) is 0 Å². The van der Waals surface area contributed by atoms with Gasteiger partial charge in [-0.25, -0.2) is 0 Å². The SMILES string of the molecule is Cc1cc(C(=O)CSc2nnc(-c3cccnc3)n2[C@@H]2CCCC[C@@H]2C)c(C)n1C1CC1. The number of aromatic nitrogens is 5. The molecule has 3 heterocycles. The van der Waals surface area contributed by atoms with Crippen LogP contribution in [0.15, 0.2) is 35.7 Å². The summed E-state index contributed by atoms with van der Waals surface area (Å²) in [6.45, 7) is 6.51. The minimum atomic E-state index is 0.171. The number of Topliss-reactive ketones (excluding diaryl/α,β-unsaturated/α-hetero) is 1. The summed E-state index contributed by atoms with van der Waals surface area (Å²) in [5.41, 5.74) is 4.13. The summed E-state index contributed by atoms with van der Waals surface area (Å²) in [6.07, 6.45) is 10.9. The third-order valence-electron chi connectivity index (χ3n) is 7.01. The van der Waals surface area contributed by atoms with Gasteiger partial charge in [0.05, 0.1) is 5.75 Å². The van der Waals surface area contributed by atoms with Crippen molar-refractivity contribution in [3.63, 3.8) is 0 Å². The molecular formula is C25H31N5OS. The number of rotatable bonds is 7. The Morgan fingerprint density at radius 2 is 1.94 bits per heavy atom. The fourth-order valence-corrected chi connectivity index (χ4v) is 6.08. The largest absolute Gasteiger partial charge is 0.345 e. The lowest BCUT2D eigenvalue weighted by atomic mass is 9.85. The standard InChI is InChI=1S/C25H31N5OS/c1-16-7-4-5-9-22(16)30-24(19-8-6-12-26-14-19)27-28-25(30)32-15-23(31)21-13-17(2)29(18(21)3)20-10-11-20/h6,8,12-14,16,20,22H,4-5,7,9-11,15H2,1-3H3/t16-,22+/m0/s1. The summed E-state index contributed by atoms with van der Waals surface area (Å²) in [5.74, 6) is 1.96. The first kappa shape index (κ1) is 21.4. The van der Waals surface area contributed by atoms with E-state index in [2.05, 4.69) is 51.2 Å². The zero-order valence-electron chi connectivity index (χ0n) is 19.1. The Kier molecular flexibility index (Phi) is 5.93. The van der Waals surface area contributed by atoms with Crippen molar-refractivity contribution in [3.8, 4) is 11.4 Å². The molecule has 2 fully saturated rings. The van der Waals surface area contributed by atoms with Gasteiger partial charge in [-0.1, -0.05) is 31.5 Å². The lowest BCUT2D eigenvalue weighted by Gasteiger charge is -2.31. The average molecular weight is 450 g/mol. The van der Waals surface area contributed by atoms with Gasteiger partial charge in [0.1, 0.15) is 0 Å². The number of ketones is 1. The molecule has 0 saturated heterocycles. The molecule has 0 spiro atoms. The Balaban J connectivity index is 1.42. The van der Waals surface area contributed by atoms with E-state index >= 15 is 0 Å². The van der Waals surface area contributed by atoms with E-state index in [1.807, 2.05) is 18.3 Å². The monoisotopic (exact) mass is 449 g/mol. The van der Waals surface area contributed by atoms with E-state index < -0.39 is 0 Å². The molecule has 0 amide bonds. The van der Waals surface area contributed by atoms with Crippen LogP contribution >= 0.6 is 11.8 Å². The van der Waals surface area contributed by atoms with Crippen molar-refractivity contribution in [2.24, 2.45) is 5.92 Å². The molecule has 0 unspecified atom stereocenters. The smallest absolute Gasteiger partial charge is 0.192 e. The van der Waals surface area contributed by atoms with Crippen LogP contribution in [-0.4, -0.2) is 35.9 Å². The molecule has 0 aliphatic heterocycles. The Bertz CT molecular complexity index is 1120. The maximum atomic E-state index is 13.2. The maximum Gasteiger partial charge on any atom is 0.192 e. The second kappa shape index (κ2) is 8.85. The molecule has 5 rings (SSSR count). The quantitative estimate of drug-likeness (QED) is 0.336. The van der Waals surface area contributed by atoms with Crippen molar-refractivity contribution in [3.05, 3.63) is 47.5 Å². The molecular weight excluding hydrogens is 418 g/mol. The Morgan fingerprint density at radius 1 is 1.12 bits per heavy atom. The van der Waals surface area contributed by atoms with E-state index in [-0.39, 0.29) is 5.78 Å². The van der Waals surface area contributed by atoms with Crippen molar-refractivity contribution >= 4 is 17.5 Å². The summed E-state index contributed by atoms with van der Waals surface area (Å²) in [4.78, 5) is 17.5. The van der Waals surface area contributed by atoms with Crippen LogP contribution in [0.5, 0.6) is 0 Å². The van der Waals surface area contributed by atoms with Crippen molar-refractivity contribution in [2.75, 3.05) is 5.75 Å². The van der Waals surface area contributed by atoms with E-state index in [4.69, 9.17) is 0 Å². The topological polar surface area (TPSA) is 65.6 Å². The van der Waals surface area contributed by atoms with Crippen LogP contribution in [0.25, 0.3) is 11.4 Å². The third kappa shape index (κ3) is 4.03. The number of nitrogens with zero attached hydrogens (tertiary/aromatic N) is 5. The van der Waals surface area contributed by atoms with Crippen molar-refractivity contribution in [1.82, 2.24) is 24.3 Å². The summed E-state index contributed by atoms with van der Waals surface area (Å²) >= 11 is 1.52. The van der Waals surface area contributed by atoms with Crippen LogP contribution in [0.3, 0.4) is 0 Å². The summed E-state index contributed by atoms with van der Waals surface area (Å²) < 4.78 is 4.62. The third-order valence-corrected chi connectivity index (χ3v) is 7.95. The Morgan fingerprint density at radius 3 is 2.66 bits per heavy atom. The number of carbonyl (C=O) groups is 1. The number of hydrogen-bond donors (Lipinski definition) is 0. The van der Waals surface area contributed by atoms with Crippen molar-refractivity contribution < 1.29 is 4.79 Å². The van der Waals surface area contributed by atoms with Gasteiger partial charge in [-0.2, -0.15) is 0 Å². The molecule has 0 radical (unpaired) electrons. The molecule has 168 valence electrons. The highest BCUT2D eigenvalue weighted by molar-refractivity contribution is 7.99. The summed E-state index contributed by atoms with van der Waals surface area (Å²) in [7, 11) is 0. The second-order valence-corrected chi connectivity index (χ2v) is 10.3. The van der Waals surface area contributed by atoms with Gasteiger partial charge < -0.3 is 4.57 Å². The average Bonchev–Trinajstić information content (AvgIpc) is 3.47. The zero-order valence-corrected chi connectivity index (χ0v) is 19.9. The molecule has 7 heteroatoms. The van der Waals surface area contributed by atoms with E-state index in [1.54, 1.807) is 6.20 Å². The minimum absolute atomic E-state index is 0.171. The Labute approximate surface area is 193 Å². The molecule has 0 bridgehead atoms. The van der Waals surface area contributed by atoms with Gasteiger partial charge in [-0.05, 0) is 63.6 Å². The first-order chi connectivity index (χ1) is 15.5. The van der Waals surface area contributed by atoms with Crippen molar-refractivity contribution in [2.45, 2.75) is 76.5 Å². The predicted molar refractivity (Wildman–Crippen MR) is 127 cm³/mol. The zero-order chi connectivity index (χ0) is 22.2. The number of pyridine rings is 1. The molecule has 2 atom stereocenters. The van der Waals surface area contributed by atoms with E-state index in [1.165, 1.54) is 49.6 Å². The van der Waals surface area contributed by atoms with Gasteiger partial charge in [0.25, 0.3) is 0 Å². The summed E-state index contributed by atoms with van der Waals surface area (Å²) in [6, 6.07) is 6.97. The molecule has 2 aliphatic rings. The highest BCUT2D eigenvalue weighted by Crippen LogP contribution is 2.40. The van der Waals surface area contributed by atoms with E-state index in [9.17, 15) is 4.79 Å². The van der Waals surface area contributed by atoms with E-state index in [0.29, 0.717) is 23.8 Å². The maximum absolute atomic E-state index is 13.2. The highest BCUT2D eigenvalue weighted by Gasteiger charge is 2.30. The minimum Gasteiger partial charge on any atom is -0.345 e. The summed E-state index contributed by atoms with van der Waals surface area (Å²) in [5, 5.41) is 9.93. The number of thioether (sulfide) groups is 1. The van der Waals surface area contributed by atoms with E-state index in [0.717, 1.165) is 34.2 Å². The van der Waals surface area contributed by atoms with Crippen LogP contribution in [0, 0.1) is 19.8 Å². The molecule has 6 nitrogen and oxygen atoms in total. The molecule has 32 heavy (non-hydrogen) atoms. The van der Waals surface area contributed by atoms with Gasteiger partial charge in [0, 0.05) is 47.0 Å². The lowest BCUT2D eigenvalue weighted by molar-refractivity contribution is 0.102. The van der Waals surface area contributed by atoms with Gasteiger partial charge in [-0.3, -0.25) is 14.3 Å². The first-order valence-corrected chi connectivity index (χ1v) is 12.7. The van der Waals surface area contributed by atoms with Crippen LogP contribution in [0.4, 0.5) is 0 Å². The number of hydrogen-bond acceptors (Lipinski definition) is 5.